The van der Waals surface area contributed by atoms with E-state index in [2.05, 4.69) is 21.3 Å². The van der Waals surface area contributed by atoms with E-state index in [9.17, 15) is 0 Å². The Morgan fingerprint density at radius 1 is 1.25 bits per heavy atom. The normalized spacial score (nSPS) is 15.3. The standard InChI is InChI=1S/C14H23N3O2S/c1-18-6-8-20-9-7-19-14-10-13(11-16-12-14)17-4-2-15-3-5-17/h10-12,15H,2-9H2,1H3. The maximum absolute atomic E-state index is 5.75. The summed E-state index contributed by atoms with van der Waals surface area (Å²) in [6.45, 7) is 5.62. The Hall–Kier alpha value is -0.980. The number of rotatable bonds is 8. The van der Waals surface area contributed by atoms with Crippen molar-refractivity contribution in [3.63, 3.8) is 0 Å². The van der Waals surface area contributed by atoms with Gasteiger partial charge in [0.25, 0.3) is 0 Å². The molecule has 1 aliphatic heterocycles. The van der Waals surface area contributed by atoms with Crippen LogP contribution >= 0.6 is 11.8 Å². The van der Waals surface area contributed by atoms with Gasteiger partial charge in [0.15, 0.2) is 0 Å². The van der Waals surface area contributed by atoms with E-state index in [-0.39, 0.29) is 0 Å². The number of nitrogens with one attached hydrogen (secondary N) is 1. The zero-order valence-electron chi connectivity index (χ0n) is 12.0. The SMILES string of the molecule is COCCSCCOc1cncc(N2CCNCC2)c1. The minimum Gasteiger partial charge on any atom is -0.491 e. The van der Waals surface area contributed by atoms with Crippen LogP contribution in [0.3, 0.4) is 0 Å². The number of aromatic nitrogens is 1. The molecule has 0 saturated carbocycles. The van der Waals surface area contributed by atoms with Crippen molar-refractivity contribution < 1.29 is 9.47 Å². The van der Waals surface area contributed by atoms with E-state index in [1.807, 2.05) is 18.0 Å². The van der Waals surface area contributed by atoms with E-state index in [1.165, 1.54) is 0 Å². The maximum Gasteiger partial charge on any atom is 0.139 e. The molecule has 0 aliphatic carbocycles. The van der Waals surface area contributed by atoms with Crippen LogP contribution in [0.1, 0.15) is 0 Å². The molecule has 20 heavy (non-hydrogen) atoms. The lowest BCUT2D eigenvalue weighted by molar-refractivity contribution is 0.218. The lowest BCUT2D eigenvalue weighted by atomic mass is 10.3. The number of ether oxygens (including phenoxy) is 2. The van der Waals surface area contributed by atoms with Crippen molar-refractivity contribution in [3.8, 4) is 5.75 Å². The molecule has 6 heteroatoms. The third-order valence-electron chi connectivity index (χ3n) is 3.11. The molecular weight excluding hydrogens is 274 g/mol. The van der Waals surface area contributed by atoms with Crippen LogP contribution in [-0.2, 0) is 4.74 Å². The average molecular weight is 297 g/mol. The molecule has 0 amide bonds. The van der Waals surface area contributed by atoms with Crippen molar-refractivity contribution >= 4 is 17.4 Å². The first-order valence-corrected chi connectivity index (χ1v) is 8.16. The Balaban J connectivity index is 1.74. The van der Waals surface area contributed by atoms with Gasteiger partial charge in [-0.05, 0) is 0 Å². The van der Waals surface area contributed by atoms with E-state index < -0.39 is 0 Å². The maximum atomic E-state index is 5.75. The van der Waals surface area contributed by atoms with Crippen molar-refractivity contribution in [1.82, 2.24) is 10.3 Å². The van der Waals surface area contributed by atoms with Crippen LogP contribution in [0, 0.1) is 0 Å². The number of nitrogens with zero attached hydrogens (tertiary/aromatic N) is 2. The fourth-order valence-corrected chi connectivity index (χ4v) is 2.73. The van der Waals surface area contributed by atoms with Gasteiger partial charge in [0.05, 0.1) is 31.3 Å². The van der Waals surface area contributed by atoms with Crippen LogP contribution in [0.2, 0.25) is 0 Å². The second-order valence-corrected chi connectivity index (χ2v) is 5.79. The molecule has 0 aromatic carbocycles. The fourth-order valence-electron chi connectivity index (χ4n) is 2.05. The summed E-state index contributed by atoms with van der Waals surface area (Å²) >= 11 is 1.84. The van der Waals surface area contributed by atoms with Gasteiger partial charge < -0.3 is 19.7 Å². The molecular formula is C14H23N3O2S. The summed E-state index contributed by atoms with van der Waals surface area (Å²) in [7, 11) is 1.73. The highest BCUT2D eigenvalue weighted by molar-refractivity contribution is 7.99. The summed E-state index contributed by atoms with van der Waals surface area (Å²) < 4.78 is 10.8. The van der Waals surface area contributed by atoms with Crippen LogP contribution < -0.4 is 15.0 Å². The molecule has 0 atom stereocenters. The second kappa shape index (κ2) is 9.05. The molecule has 5 nitrogen and oxygen atoms in total. The lowest BCUT2D eigenvalue weighted by Gasteiger charge is -2.29. The van der Waals surface area contributed by atoms with Crippen molar-refractivity contribution in [2.75, 3.05) is 62.9 Å². The van der Waals surface area contributed by atoms with Crippen molar-refractivity contribution in [1.29, 1.82) is 0 Å². The van der Waals surface area contributed by atoms with Gasteiger partial charge in [-0.2, -0.15) is 11.8 Å². The molecule has 1 saturated heterocycles. The van der Waals surface area contributed by atoms with Gasteiger partial charge >= 0.3 is 0 Å². The fraction of sp³-hybridized carbons (Fsp3) is 0.643. The van der Waals surface area contributed by atoms with Gasteiger partial charge in [0.1, 0.15) is 5.75 Å². The van der Waals surface area contributed by atoms with Crippen LogP contribution in [-0.4, -0.2) is 63.0 Å². The molecule has 0 bridgehead atoms. The quantitative estimate of drug-likeness (QED) is 0.729. The predicted molar refractivity (Wildman–Crippen MR) is 84.0 cm³/mol. The first-order chi connectivity index (χ1) is 9.90. The number of pyridine rings is 1. The van der Waals surface area contributed by atoms with E-state index in [4.69, 9.17) is 9.47 Å². The van der Waals surface area contributed by atoms with Crippen molar-refractivity contribution in [3.05, 3.63) is 18.5 Å². The van der Waals surface area contributed by atoms with Crippen molar-refractivity contribution in [2.24, 2.45) is 0 Å². The van der Waals surface area contributed by atoms with Gasteiger partial charge in [-0.3, -0.25) is 4.98 Å². The molecule has 1 aromatic heterocycles. The van der Waals surface area contributed by atoms with Crippen LogP contribution in [0.15, 0.2) is 18.5 Å². The largest absolute Gasteiger partial charge is 0.491 e. The Kier molecular flexibility index (Phi) is 6.97. The summed E-state index contributed by atoms with van der Waals surface area (Å²) in [5.74, 6) is 2.84. The summed E-state index contributed by atoms with van der Waals surface area (Å²) in [6.07, 6.45) is 3.69. The van der Waals surface area contributed by atoms with Gasteiger partial charge in [0.2, 0.25) is 0 Å². The highest BCUT2D eigenvalue weighted by atomic mass is 32.2. The zero-order chi connectivity index (χ0) is 14.0. The molecule has 2 rings (SSSR count). The number of methoxy groups -OCH3 is 1. The molecule has 2 heterocycles. The third-order valence-corrected chi connectivity index (χ3v) is 4.02. The van der Waals surface area contributed by atoms with E-state index in [0.717, 1.165) is 55.7 Å². The summed E-state index contributed by atoms with van der Waals surface area (Å²) in [4.78, 5) is 6.61. The van der Waals surface area contributed by atoms with E-state index in [1.54, 1.807) is 13.3 Å². The molecule has 1 N–H and O–H groups in total. The predicted octanol–water partition coefficient (Wildman–Crippen LogP) is 1.25. The number of hydrogen-bond donors (Lipinski definition) is 1. The topological polar surface area (TPSA) is 46.6 Å². The molecule has 0 spiro atoms. The molecule has 1 fully saturated rings. The van der Waals surface area contributed by atoms with Crippen LogP contribution in [0.5, 0.6) is 5.75 Å². The third kappa shape index (κ3) is 5.19. The molecule has 1 aromatic rings. The Morgan fingerprint density at radius 2 is 2.05 bits per heavy atom. The van der Waals surface area contributed by atoms with E-state index >= 15 is 0 Å². The van der Waals surface area contributed by atoms with Crippen LogP contribution in [0.4, 0.5) is 5.69 Å². The number of piperazine rings is 1. The monoisotopic (exact) mass is 297 g/mol. The van der Waals surface area contributed by atoms with E-state index in [0.29, 0.717) is 6.61 Å². The lowest BCUT2D eigenvalue weighted by Crippen LogP contribution is -2.43. The highest BCUT2D eigenvalue weighted by Gasteiger charge is 2.11. The minimum atomic E-state index is 0.709. The highest BCUT2D eigenvalue weighted by Crippen LogP contribution is 2.20. The molecule has 112 valence electrons. The summed E-state index contributed by atoms with van der Waals surface area (Å²) in [5.41, 5.74) is 1.15. The molecule has 0 unspecified atom stereocenters. The van der Waals surface area contributed by atoms with Gasteiger partial charge in [0, 0.05) is 50.9 Å². The van der Waals surface area contributed by atoms with Crippen LogP contribution in [0.25, 0.3) is 0 Å². The summed E-state index contributed by atoms with van der Waals surface area (Å²) in [6, 6.07) is 2.08. The van der Waals surface area contributed by atoms with Crippen molar-refractivity contribution in [2.45, 2.75) is 0 Å². The molecule has 0 radical (unpaired) electrons. The first-order valence-electron chi connectivity index (χ1n) is 7.00. The minimum absolute atomic E-state index is 0.709. The smallest absolute Gasteiger partial charge is 0.139 e. The average Bonchev–Trinajstić information content (AvgIpc) is 2.52. The first kappa shape index (κ1) is 15.4. The summed E-state index contributed by atoms with van der Waals surface area (Å²) in [5, 5.41) is 3.35. The second-order valence-electron chi connectivity index (χ2n) is 4.57. The molecule has 1 aliphatic rings. The number of hydrogen-bond acceptors (Lipinski definition) is 6. The Morgan fingerprint density at radius 3 is 2.85 bits per heavy atom. The zero-order valence-corrected chi connectivity index (χ0v) is 12.8. The number of anilines is 1. The Bertz CT molecular complexity index is 386. The van der Waals surface area contributed by atoms with Gasteiger partial charge in [-0.1, -0.05) is 0 Å². The van der Waals surface area contributed by atoms with Gasteiger partial charge in [-0.25, -0.2) is 0 Å². The number of thioether (sulfide) groups is 1. The Labute approximate surface area is 125 Å². The van der Waals surface area contributed by atoms with Gasteiger partial charge in [-0.15, -0.1) is 0 Å².